The largest absolute Gasteiger partial charge is 0.310 e. The van der Waals surface area contributed by atoms with E-state index in [0.717, 1.165) is 22.6 Å². The van der Waals surface area contributed by atoms with Crippen molar-refractivity contribution >= 4 is 22.4 Å². The highest BCUT2D eigenvalue weighted by atomic mass is 32.2. The summed E-state index contributed by atoms with van der Waals surface area (Å²) in [6.07, 6.45) is 4.03. The van der Waals surface area contributed by atoms with Gasteiger partial charge in [-0.3, -0.25) is 14.0 Å². The van der Waals surface area contributed by atoms with Crippen molar-refractivity contribution in [2.24, 2.45) is 0 Å². The smallest absolute Gasteiger partial charge is 0.259 e. The zero-order chi connectivity index (χ0) is 17.9. The Bertz CT molecular complexity index is 754. The number of carbonyl (C=O) groups is 1. The Labute approximate surface area is 146 Å². The number of pyridine rings is 1. The number of benzene rings is 1. The van der Waals surface area contributed by atoms with Gasteiger partial charge in [-0.2, -0.15) is 0 Å². The molecule has 0 N–H and O–H groups in total. The monoisotopic (exact) mass is 344 g/mol. The van der Waals surface area contributed by atoms with Crippen LogP contribution < -0.4 is 4.90 Å². The average Bonchev–Trinajstić information content (AvgIpc) is 2.59. The van der Waals surface area contributed by atoms with E-state index in [0.29, 0.717) is 17.2 Å². The summed E-state index contributed by atoms with van der Waals surface area (Å²) in [7, 11) is 0.547. The van der Waals surface area contributed by atoms with E-state index in [1.807, 2.05) is 31.2 Å². The van der Waals surface area contributed by atoms with E-state index in [2.05, 4.69) is 18.8 Å². The van der Waals surface area contributed by atoms with Crippen molar-refractivity contribution in [2.75, 3.05) is 18.2 Å². The van der Waals surface area contributed by atoms with Crippen LogP contribution in [0.2, 0.25) is 0 Å². The zero-order valence-electron chi connectivity index (χ0n) is 14.9. The van der Waals surface area contributed by atoms with Crippen LogP contribution in [-0.4, -0.2) is 28.4 Å². The first-order valence-electron chi connectivity index (χ1n) is 8.06. The number of nitrogens with zero attached hydrogens (tertiary/aromatic N) is 2. The topological polar surface area (TPSA) is 50.3 Å². The second kappa shape index (κ2) is 7.71. The van der Waals surface area contributed by atoms with Crippen LogP contribution in [0.1, 0.15) is 48.3 Å². The fourth-order valence-electron chi connectivity index (χ4n) is 2.62. The molecule has 2 rings (SSSR count). The van der Waals surface area contributed by atoms with Crippen molar-refractivity contribution in [3.8, 4) is 0 Å². The molecule has 5 heteroatoms. The van der Waals surface area contributed by atoms with Crippen molar-refractivity contribution in [2.45, 2.75) is 38.0 Å². The highest BCUT2D eigenvalue weighted by molar-refractivity contribution is 7.84. The van der Waals surface area contributed by atoms with Crippen LogP contribution in [0.25, 0.3) is 0 Å². The minimum Gasteiger partial charge on any atom is -0.310 e. The summed E-state index contributed by atoms with van der Waals surface area (Å²) < 4.78 is 12.2. The van der Waals surface area contributed by atoms with Gasteiger partial charge in [-0.25, -0.2) is 0 Å². The predicted molar refractivity (Wildman–Crippen MR) is 99.2 cm³/mol. The summed E-state index contributed by atoms with van der Waals surface area (Å²) in [6.45, 7) is 6.15. The van der Waals surface area contributed by atoms with Crippen molar-refractivity contribution in [3.05, 3.63) is 53.3 Å². The molecule has 0 bridgehead atoms. The van der Waals surface area contributed by atoms with E-state index in [4.69, 9.17) is 0 Å². The minimum absolute atomic E-state index is 0.155. The van der Waals surface area contributed by atoms with Crippen molar-refractivity contribution in [1.29, 1.82) is 0 Å². The first kappa shape index (κ1) is 18.3. The maximum atomic E-state index is 12.8. The molecule has 0 spiro atoms. The third-order valence-corrected chi connectivity index (χ3v) is 5.08. The highest BCUT2D eigenvalue weighted by Crippen LogP contribution is 2.28. The Morgan fingerprint density at radius 3 is 2.46 bits per heavy atom. The molecule has 1 atom stereocenters. The van der Waals surface area contributed by atoms with Crippen molar-refractivity contribution in [3.63, 3.8) is 0 Å². The molecular weight excluding hydrogens is 320 g/mol. The number of rotatable bonds is 5. The number of amides is 1. The number of hydrogen-bond donors (Lipinski definition) is 0. The maximum absolute atomic E-state index is 12.8. The molecule has 1 aromatic carbocycles. The van der Waals surface area contributed by atoms with Crippen LogP contribution >= 0.6 is 0 Å². The molecule has 0 aliphatic rings. The summed E-state index contributed by atoms with van der Waals surface area (Å²) in [6, 6.07) is 9.37. The summed E-state index contributed by atoms with van der Waals surface area (Å²) in [5.41, 5.74) is 3.17. The van der Waals surface area contributed by atoms with Gasteiger partial charge in [-0.1, -0.05) is 32.9 Å². The van der Waals surface area contributed by atoms with Gasteiger partial charge in [0, 0.05) is 25.2 Å². The van der Waals surface area contributed by atoms with E-state index in [1.54, 1.807) is 30.5 Å². The molecule has 4 nitrogen and oxygen atoms in total. The Morgan fingerprint density at radius 2 is 1.96 bits per heavy atom. The first-order valence-corrected chi connectivity index (χ1v) is 9.61. The first-order chi connectivity index (χ1) is 11.4. The predicted octanol–water partition coefficient (Wildman–Crippen LogP) is 3.78. The maximum Gasteiger partial charge on any atom is 0.259 e. The van der Waals surface area contributed by atoms with Crippen molar-refractivity contribution in [1.82, 2.24) is 4.98 Å². The van der Waals surface area contributed by atoms with Crippen LogP contribution in [0.3, 0.4) is 0 Å². The summed E-state index contributed by atoms with van der Waals surface area (Å²) >= 11 is 0. The van der Waals surface area contributed by atoms with Gasteiger partial charge in [0.05, 0.1) is 26.9 Å². The van der Waals surface area contributed by atoms with E-state index in [1.165, 1.54) is 0 Å². The SMILES string of the molecule is CCc1cccc(N(C)C(=O)c2ccc(C(C)C)nc2)c1S(C)=O. The number of anilines is 1. The van der Waals surface area contributed by atoms with Crippen LogP contribution in [0.15, 0.2) is 41.4 Å². The highest BCUT2D eigenvalue weighted by Gasteiger charge is 2.20. The lowest BCUT2D eigenvalue weighted by Gasteiger charge is -2.21. The molecule has 128 valence electrons. The minimum atomic E-state index is -1.16. The normalized spacial score (nSPS) is 12.2. The second-order valence-electron chi connectivity index (χ2n) is 6.06. The van der Waals surface area contributed by atoms with Gasteiger partial charge < -0.3 is 4.90 Å². The van der Waals surface area contributed by atoms with E-state index < -0.39 is 10.8 Å². The standard InChI is InChI=1S/C19H24N2O2S/c1-6-14-8-7-9-17(18(14)24(5)23)21(4)19(22)15-10-11-16(13(2)3)20-12-15/h7-13H,6H2,1-5H3. The number of aryl methyl sites for hydroxylation is 1. The molecule has 24 heavy (non-hydrogen) atoms. The molecule has 0 radical (unpaired) electrons. The summed E-state index contributed by atoms with van der Waals surface area (Å²) in [5.74, 6) is 0.167. The number of aromatic nitrogens is 1. The second-order valence-corrected chi connectivity index (χ2v) is 7.38. The molecule has 1 aromatic heterocycles. The third-order valence-electron chi connectivity index (χ3n) is 4.03. The summed E-state index contributed by atoms with van der Waals surface area (Å²) in [5, 5.41) is 0. The Balaban J connectivity index is 2.39. The van der Waals surface area contributed by atoms with Crippen LogP contribution in [0.4, 0.5) is 5.69 Å². The Hall–Kier alpha value is -2.01. The van der Waals surface area contributed by atoms with Gasteiger partial charge in [0.1, 0.15) is 0 Å². The van der Waals surface area contributed by atoms with Crippen LogP contribution in [0, 0.1) is 0 Å². The van der Waals surface area contributed by atoms with Gasteiger partial charge >= 0.3 is 0 Å². The fourth-order valence-corrected chi connectivity index (χ4v) is 3.70. The van der Waals surface area contributed by atoms with E-state index in [-0.39, 0.29) is 5.91 Å². The molecule has 1 heterocycles. The number of hydrogen-bond acceptors (Lipinski definition) is 3. The van der Waals surface area contributed by atoms with E-state index in [9.17, 15) is 9.00 Å². The van der Waals surface area contributed by atoms with Crippen molar-refractivity contribution < 1.29 is 9.00 Å². The van der Waals surface area contributed by atoms with Crippen LogP contribution in [0.5, 0.6) is 0 Å². The van der Waals surface area contributed by atoms with Gasteiger partial charge in [-0.15, -0.1) is 0 Å². The molecule has 0 saturated carbocycles. The zero-order valence-corrected chi connectivity index (χ0v) is 15.7. The lowest BCUT2D eigenvalue weighted by Crippen LogP contribution is -2.27. The Kier molecular flexibility index (Phi) is 5.89. The summed E-state index contributed by atoms with van der Waals surface area (Å²) in [4.78, 5) is 19.4. The van der Waals surface area contributed by atoms with E-state index >= 15 is 0 Å². The van der Waals surface area contributed by atoms with Gasteiger partial charge in [0.25, 0.3) is 5.91 Å². The lowest BCUT2D eigenvalue weighted by molar-refractivity contribution is 0.0992. The van der Waals surface area contributed by atoms with Gasteiger partial charge in [-0.05, 0) is 36.1 Å². The Morgan fingerprint density at radius 1 is 1.25 bits per heavy atom. The quantitative estimate of drug-likeness (QED) is 0.829. The molecule has 1 amide bonds. The molecular formula is C19H24N2O2S. The average molecular weight is 344 g/mol. The lowest BCUT2D eigenvalue weighted by atomic mass is 10.1. The number of carbonyl (C=O) groups excluding carboxylic acids is 1. The molecule has 0 saturated heterocycles. The van der Waals surface area contributed by atoms with Gasteiger partial charge in [0.15, 0.2) is 0 Å². The fraction of sp³-hybridized carbons (Fsp3) is 0.368. The molecule has 2 aromatic rings. The molecule has 1 unspecified atom stereocenters. The van der Waals surface area contributed by atoms with Gasteiger partial charge in [0.2, 0.25) is 0 Å². The van der Waals surface area contributed by atoms with Crippen LogP contribution in [-0.2, 0) is 17.2 Å². The third kappa shape index (κ3) is 3.73. The molecule has 0 aliphatic heterocycles. The molecule has 0 aliphatic carbocycles. The molecule has 0 fully saturated rings.